The van der Waals surface area contributed by atoms with E-state index >= 15 is 0 Å². The van der Waals surface area contributed by atoms with Gasteiger partial charge in [0.1, 0.15) is 12.0 Å². The molecule has 0 bridgehead atoms. The summed E-state index contributed by atoms with van der Waals surface area (Å²) in [5, 5.41) is 23.2. The lowest BCUT2D eigenvalue weighted by Gasteiger charge is -2.27. The zero-order valence-corrected chi connectivity index (χ0v) is 13.7. The third-order valence-electron chi connectivity index (χ3n) is 3.84. The maximum absolute atomic E-state index is 11.4. The van der Waals surface area contributed by atoms with Crippen LogP contribution in [0.1, 0.15) is 32.3 Å². The summed E-state index contributed by atoms with van der Waals surface area (Å²) >= 11 is 3.27. The zero-order valence-electron chi connectivity index (χ0n) is 12.1. The van der Waals surface area contributed by atoms with Crippen LogP contribution < -0.4 is 5.32 Å². The number of nitro groups is 1. The number of pyridine rings is 1. The topological polar surface area (TPSA) is 105 Å². The lowest BCUT2D eigenvalue weighted by molar-refractivity contribution is -0.385. The normalized spacial score (nSPS) is 11.2. The van der Waals surface area contributed by atoms with E-state index in [4.69, 9.17) is 0 Å². The average Bonchev–Trinajstić information content (AvgIpc) is 2.44. The van der Waals surface area contributed by atoms with Crippen molar-refractivity contribution in [2.24, 2.45) is 5.41 Å². The van der Waals surface area contributed by atoms with Crippen LogP contribution in [-0.2, 0) is 4.79 Å². The van der Waals surface area contributed by atoms with Gasteiger partial charge in [0.25, 0.3) is 5.69 Å². The molecule has 0 atom stereocenters. The van der Waals surface area contributed by atoms with Gasteiger partial charge in [0.05, 0.1) is 14.8 Å². The number of halogens is 1. The molecule has 0 amide bonds. The van der Waals surface area contributed by atoms with Gasteiger partial charge in [-0.3, -0.25) is 14.9 Å². The predicted octanol–water partition coefficient (Wildman–Crippen LogP) is 3.36. The number of carboxylic acids is 1. The van der Waals surface area contributed by atoms with E-state index in [9.17, 15) is 20.0 Å². The average molecular weight is 360 g/mol. The molecule has 116 valence electrons. The van der Waals surface area contributed by atoms with Crippen LogP contribution in [0.4, 0.5) is 11.5 Å². The van der Waals surface area contributed by atoms with Gasteiger partial charge in [-0.15, -0.1) is 0 Å². The summed E-state index contributed by atoms with van der Waals surface area (Å²) in [4.78, 5) is 25.8. The highest BCUT2D eigenvalue weighted by atomic mass is 79.9. The minimum absolute atomic E-state index is 0.0806. The Labute approximate surface area is 131 Å². The van der Waals surface area contributed by atoms with Crippen LogP contribution in [0.5, 0.6) is 0 Å². The van der Waals surface area contributed by atoms with E-state index in [0.717, 1.165) is 0 Å². The van der Waals surface area contributed by atoms with Crippen LogP contribution in [0.15, 0.2) is 10.7 Å². The Morgan fingerprint density at radius 2 is 2.10 bits per heavy atom. The molecule has 0 aliphatic carbocycles. The van der Waals surface area contributed by atoms with Crippen LogP contribution in [0.3, 0.4) is 0 Å². The molecule has 21 heavy (non-hydrogen) atoms. The van der Waals surface area contributed by atoms with Crippen molar-refractivity contribution in [3.05, 3.63) is 26.3 Å². The molecule has 0 saturated carbocycles. The fraction of sp³-hybridized carbons (Fsp3) is 0.538. The molecule has 0 aromatic carbocycles. The molecule has 0 aliphatic heterocycles. The molecule has 0 radical (unpaired) electrons. The zero-order chi connectivity index (χ0) is 16.2. The summed E-state index contributed by atoms with van der Waals surface area (Å²) < 4.78 is 0.475. The lowest BCUT2D eigenvalue weighted by atomic mass is 9.82. The first-order valence-electron chi connectivity index (χ1n) is 6.55. The molecule has 1 aromatic rings. The van der Waals surface area contributed by atoms with Crippen LogP contribution in [0.25, 0.3) is 0 Å². The number of aromatic nitrogens is 1. The van der Waals surface area contributed by atoms with Crippen molar-refractivity contribution >= 4 is 33.4 Å². The van der Waals surface area contributed by atoms with Gasteiger partial charge in [0.15, 0.2) is 0 Å². The number of nitrogens with one attached hydrogen (secondary N) is 1. The lowest BCUT2D eigenvalue weighted by Crippen LogP contribution is -2.37. The van der Waals surface area contributed by atoms with Gasteiger partial charge in [0, 0.05) is 12.1 Å². The first kappa shape index (κ1) is 17.4. The Morgan fingerprint density at radius 1 is 1.52 bits per heavy atom. The van der Waals surface area contributed by atoms with Crippen molar-refractivity contribution in [2.45, 2.75) is 33.6 Å². The standard InChI is InChI=1S/C13H18BrN3O4/c1-4-13(5-2,12(18)19)7-16-11-10(14)8(3)9(6-15-11)17(20)21/h6H,4-5,7H2,1-3H3,(H,15,16)(H,18,19). The number of rotatable bonds is 7. The molecule has 7 nitrogen and oxygen atoms in total. The van der Waals surface area contributed by atoms with Gasteiger partial charge in [-0.2, -0.15) is 0 Å². The smallest absolute Gasteiger partial charge is 0.311 e. The van der Waals surface area contributed by atoms with Crippen molar-refractivity contribution in [3.63, 3.8) is 0 Å². The van der Waals surface area contributed by atoms with E-state index in [1.807, 2.05) is 13.8 Å². The number of nitrogens with zero attached hydrogens (tertiary/aromatic N) is 2. The molecule has 0 unspecified atom stereocenters. The van der Waals surface area contributed by atoms with Crippen LogP contribution in [-0.4, -0.2) is 27.5 Å². The van der Waals surface area contributed by atoms with E-state index in [1.165, 1.54) is 6.20 Å². The molecule has 0 aliphatic rings. The van der Waals surface area contributed by atoms with Crippen molar-refractivity contribution in [1.29, 1.82) is 0 Å². The highest BCUT2D eigenvalue weighted by molar-refractivity contribution is 9.10. The Morgan fingerprint density at radius 3 is 2.52 bits per heavy atom. The molecule has 1 aromatic heterocycles. The van der Waals surface area contributed by atoms with Crippen LogP contribution in [0, 0.1) is 22.5 Å². The Hall–Kier alpha value is -1.70. The van der Waals surface area contributed by atoms with E-state index in [2.05, 4.69) is 26.2 Å². The molecule has 0 fully saturated rings. The summed E-state index contributed by atoms with van der Waals surface area (Å²) in [5.74, 6) is -0.458. The van der Waals surface area contributed by atoms with Crippen molar-refractivity contribution in [1.82, 2.24) is 4.98 Å². The van der Waals surface area contributed by atoms with Crippen LogP contribution >= 0.6 is 15.9 Å². The molecule has 1 heterocycles. The fourth-order valence-electron chi connectivity index (χ4n) is 2.01. The van der Waals surface area contributed by atoms with E-state index < -0.39 is 16.3 Å². The highest BCUT2D eigenvalue weighted by Gasteiger charge is 2.35. The molecule has 2 N–H and O–H groups in total. The Balaban J connectivity index is 3.02. The second-order valence-electron chi connectivity index (χ2n) is 4.83. The van der Waals surface area contributed by atoms with E-state index in [0.29, 0.717) is 28.7 Å². The van der Waals surface area contributed by atoms with Gasteiger partial charge < -0.3 is 10.4 Å². The number of carbonyl (C=O) groups is 1. The maximum atomic E-state index is 11.4. The van der Waals surface area contributed by atoms with Crippen molar-refractivity contribution in [3.8, 4) is 0 Å². The molecule has 0 spiro atoms. The number of aliphatic carboxylic acids is 1. The monoisotopic (exact) mass is 359 g/mol. The SMILES string of the molecule is CCC(CC)(CNc1ncc([N+](=O)[O-])c(C)c1Br)C(=O)O. The molecule has 0 saturated heterocycles. The van der Waals surface area contributed by atoms with Crippen molar-refractivity contribution < 1.29 is 14.8 Å². The number of anilines is 1. The number of hydrogen-bond acceptors (Lipinski definition) is 5. The quantitative estimate of drug-likeness (QED) is 0.571. The van der Waals surface area contributed by atoms with Gasteiger partial charge in [-0.05, 0) is 35.7 Å². The second kappa shape index (κ2) is 6.84. The van der Waals surface area contributed by atoms with Gasteiger partial charge in [-0.25, -0.2) is 4.98 Å². The van der Waals surface area contributed by atoms with Gasteiger partial charge in [0.2, 0.25) is 0 Å². The number of hydrogen-bond donors (Lipinski definition) is 2. The Kier molecular flexibility index (Phi) is 5.65. The minimum Gasteiger partial charge on any atom is -0.481 e. The summed E-state index contributed by atoms with van der Waals surface area (Å²) in [6.07, 6.45) is 2.13. The maximum Gasteiger partial charge on any atom is 0.311 e. The largest absolute Gasteiger partial charge is 0.481 e. The molecular formula is C13H18BrN3O4. The minimum atomic E-state index is -0.878. The third kappa shape index (κ3) is 3.49. The summed E-state index contributed by atoms with van der Waals surface area (Å²) in [5.41, 5.74) is -0.508. The predicted molar refractivity (Wildman–Crippen MR) is 82.5 cm³/mol. The molecular weight excluding hydrogens is 342 g/mol. The second-order valence-corrected chi connectivity index (χ2v) is 5.63. The fourth-order valence-corrected chi connectivity index (χ4v) is 2.45. The highest BCUT2D eigenvalue weighted by Crippen LogP contribution is 2.32. The first-order chi connectivity index (χ1) is 9.79. The van der Waals surface area contributed by atoms with E-state index in [1.54, 1.807) is 6.92 Å². The van der Waals surface area contributed by atoms with Crippen molar-refractivity contribution in [2.75, 3.05) is 11.9 Å². The third-order valence-corrected chi connectivity index (χ3v) is 4.81. The molecule has 8 heteroatoms. The molecule has 1 rings (SSSR count). The summed E-state index contributed by atoms with van der Waals surface area (Å²) in [7, 11) is 0. The first-order valence-corrected chi connectivity index (χ1v) is 7.35. The van der Waals surface area contributed by atoms with Crippen LogP contribution in [0.2, 0.25) is 0 Å². The van der Waals surface area contributed by atoms with Gasteiger partial charge in [-0.1, -0.05) is 13.8 Å². The number of carboxylic acid groups (broad SMARTS) is 1. The van der Waals surface area contributed by atoms with Gasteiger partial charge >= 0.3 is 5.97 Å². The summed E-state index contributed by atoms with van der Waals surface area (Å²) in [6, 6.07) is 0. The Bertz CT molecular complexity index is 559. The summed E-state index contributed by atoms with van der Waals surface area (Å²) in [6.45, 7) is 5.46. The van der Waals surface area contributed by atoms with E-state index in [-0.39, 0.29) is 12.2 Å².